The van der Waals surface area contributed by atoms with Crippen LogP contribution in [0.2, 0.25) is 0 Å². The molecule has 10 nitrogen and oxygen atoms in total. The highest BCUT2D eigenvalue weighted by atomic mass is 35.5. The number of aliphatic carboxylic acids is 2. The van der Waals surface area contributed by atoms with Gasteiger partial charge in [0.15, 0.2) is 0 Å². The Hall–Kier alpha value is -4.39. The molecule has 0 unspecified atom stereocenters. The minimum atomic E-state index is -5.08. The van der Waals surface area contributed by atoms with Gasteiger partial charge in [-0.15, -0.1) is 0 Å². The molecule has 0 aliphatic rings. The van der Waals surface area contributed by atoms with Crippen LogP contribution in [0.15, 0.2) is 60.9 Å². The van der Waals surface area contributed by atoms with Crippen LogP contribution >= 0.6 is 11.8 Å². The molecule has 14 heteroatoms. The number of amides is 1. The summed E-state index contributed by atoms with van der Waals surface area (Å²) in [5.74, 6) is -4.71. The molecule has 0 saturated heterocycles. The highest BCUT2D eigenvalue weighted by Crippen LogP contribution is 2.28. The van der Waals surface area contributed by atoms with Gasteiger partial charge >= 0.3 is 18.1 Å². The van der Waals surface area contributed by atoms with Crippen molar-refractivity contribution in [3.63, 3.8) is 0 Å². The van der Waals surface area contributed by atoms with Crippen molar-refractivity contribution < 1.29 is 37.8 Å². The van der Waals surface area contributed by atoms with E-state index in [9.17, 15) is 27.9 Å². The fourth-order valence-corrected chi connectivity index (χ4v) is 2.89. The number of nitrogens with one attached hydrogen (secondary N) is 1. The Morgan fingerprint density at radius 1 is 1.06 bits per heavy atom. The van der Waals surface area contributed by atoms with Gasteiger partial charge < -0.3 is 15.9 Å². The smallest absolute Gasteiger partial charge is 0.480 e. The number of halogens is 4. The summed E-state index contributed by atoms with van der Waals surface area (Å²) in [5, 5.41) is 25.0. The van der Waals surface area contributed by atoms with Crippen LogP contribution in [0, 0.1) is 5.41 Å². The number of aromatic nitrogens is 1. The number of nitrogens with two attached hydrogens (primary N) is 1. The van der Waals surface area contributed by atoms with Crippen molar-refractivity contribution in [1.29, 1.82) is 5.41 Å². The van der Waals surface area contributed by atoms with Gasteiger partial charge in [-0.05, 0) is 24.3 Å². The number of carboxylic acid groups (broad SMARTS) is 2. The summed E-state index contributed by atoms with van der Waals surface area (Å²) < 4.78 is 32.7. The predicted octanol–water partition coefficient (Wildman–Crippen LogP) is 3.45. The zero-order chi connectivity index (χ0) is 26.3. The number of hydrogen-bond donors (Lipinski definition) is 4. The fraction of sp³-hybridized carbons (Fsp3) is 0.0952. The van der Waals surface area contributed by atoms with Crippen LogP contribution in [0.3, 0.4) is 0 Å². The molecule has 1 heterocycles. The van der Waals surface area contributed by atoms with Gasteiger partial charge in [0.05, 0.1) is 11.9 Å². The predicted molar refractivity (Wildman–Crippen MR) is 121 cm³/mol. The molecule has 1 aromatic heterocycles. The second kappa shape index (κ2) is 11.2. The van der Waals surface area contributed by atoms with Gasteiger partial charge in [0.1, 0.15) is 6.54 Å². The summed E-state index contributed by atoms with van der Waals surface area (Å²) in [6.07, 6.45) is -2.08. The van der Waals surface area contributed by atoms with Crippen LogP contribution in [0.5, 0.6) is 0 Å². The molecule has 0 spiro atoms. The zero-order valence-electron chi connectivity index (χ0n) is 17.5. The van der Waals surface area contributed by atoms with E-state index in [4.69, 9.17) is 32.8 Å². The van der Waals surface area contributed by atoms with Crippen molar-refractivity contribution in [3.05, 3.63) is 66.5 Å². The number of para-hydroxylation sites is 1. The Morgan fingerprint density at radius 3 is 2.17 bits per heavy atom. The monoisotopic (exact) mass is 511 g/mol. The number of guanidine groups is 1. The second-order valence-corrected chi connectivity index (χ2v) is 7.02. The average molecular weight is 512 g/mol. The van der Waals surface area contributed by atoms with E-state index in [2.05, 4.69) is 4.98 Å². The molecule has 0 atom stereocenters. The first-order valence-corrected chi connectivity index (χ1v) is 9.73. The van der Waals surface area contributed by atoms with Crippen molar-refractivity contribution in [2.24, 2.45) is 5.73 Å². The number of carbonyl (C=O) groups excluding carboxylic acids is 1. The highest BCUT2D eigenvalue weighted by molar-refractivity contribution is 6.38. The lowest BCUT2D eigenvalue weighted by atomic mass is 10.1. The Bertz CT molecular complexity index is 1260. The topological polar surface area (TPSA) is 161 Å². The molecule has 3 rings (SSSR count). The number of pyridine rings is 1. The van der Waals surface area contributed by atoms with Gasteiger partial charge in [0.25, 0.3) is 5.91 Å². The molecule has 0 aliphatic heterocycles. The van der Waals surface area contributed by atoms with Gasteiger partial charge in [-0.3, -0.25) is 24.9 Å². The molecule has 0 radical (unpaired) electrons. The standard InChI is InChI=1S/C19H16ClN5O3.C2HF3O2/c20-25(19(21)22)16-10-23-9-13-8-12(6-7-15(13)16)18(28)24(11-17(26)27)14-4-2-1-3-5-14;3-2(4,5)1(6)7/h1-10H,11H2,(H3,21,22)(H,26,27);(H,6,7). The Kier molecular flexibility index (Phi) is 8.56. The van der Waals surface area contributed by atoms with Gasteiger partial charge in [-0.2, -0.15) is 13.2 Å². The van der Waals surface area contributed by atoms with Crippen LogP contribution in [0.25, 0.3) is 10.8 Å². The second-order valence-electron chi connectivity index (χ2n) is 6.68. The van der Waals surface area contributed by atoms with E-state index in [1.165, 1.54) is 11.1 Å². The Morgan fingerprint density at radius 2 is 1.66 bits per heavy atom. The van der Waals surface area contributed by atoms with E-state index in [0.29, 0.717) is 27.7 Å². The maximum absolute atomic E-state index is 13.0. The number of hydrogen-bond acceptors (Lipinski definition) is 5. The van der Waals surface area contributed by atoms with E-state index < -0.39 is 30.6 Å². The third-order valence-electron chi connectivity index (χ3n) is 4.26. The van der Waals surface area contributed by atoms with Crippen molar-refractivity contribution >= 4 is 57.7 Å². The molecule has 0 bridgehead atoms. The molecule has 1 amide bonds. The Labute approximate surface area is 200 Å². The third-order valence-corrected chi connectivity index (χ3v) is 4.62. The van der Waals surface area contributed by atoms with Crippen LogP contribution in [0.4, 0.5) is 24.5 Å². The number of carboxylic acids is 2. The average Bonchev–Trinajstić information content (AvgIpc) is 2.81. The van der Waals surface area contributed by atoms with E-state index in [0.717, 1.165) is 4.42 Å². The van der Waals surface area contributed by atoms with Gasteiger partial charge in [-0.25, -0.2) is 9.21 Å². The van der Waals surface area contributed by atoms with E-state index in [-0.39, 0.29) is 5.96 Å². The van der Waals surface area contributed by atoms with Gasteiger partial charge in [0, 0.05) is 40.0 Å². The molecular weight excluding hydrogens is 495 g/mol. The van der Waals surface area contributed by atoms with E-state index >= 15 is 0 Å². The number of anilines is 2. The third kappa shape index (κ3) is 7.04. The first kappa shape index (κ1) is 26.9. The van der Waals surface area contributed by atoms with Crippen molar-refractivity contribution in [2.75, 3.05) is 15.9 Å². The summed E-state index contributed by atoms with van der Waals surface area (Å²) in [7, 11) is 0. The molecule has 0 saturated carbocycles. The number of fused-ring (bicyclic) bond motifs is 1. The minimum Gasteiger partial charge on any atom is -0.480 e. The summed E-state index contributed by atoms with van der Waals surface area (Å²) in [6, 6.07) is 13.4. The maximum Gasteiger partial charge on any atom is 0.490 e. The number of nitrogens with zero attached hydrogens (tertiary/aromatic N) is 3. The van der Waals surface area contributed by atoms with Crippen LogP contribution in [-0.4, -0.2) is 51.7 Å². The fourth-order valence-electron chi connectivity index (χ4n) is 2.76. The van der Waals surface area contributed by atoms with Crippen LogP contribution in [0.1, 0.15) is 10.4 Å². The summed E-state index contributed by atoms with van der Waals surface area (Å²) in [5.41, 5.74) is 6.59. The molecule has 184 valence electrons. The molecule has 0 aliphatic carbocycles. The first-order chi connectivity index (χ1) is 16.3. The number of alkyl halides is 3. The maximum atomic E-state index is 13.0. The lowest BCUT2D eigenvalue weighted by Crippen LogP contribution is -2.35. The molecule has 3 aromatic rings. The zero-order valence-corrected chi connectivity index (χ0v) is 18.3. The minimum absolute atomic E-state index is 0.292. The van der Waals surface area contributed by atoms with Crippen molar-refractivity contribution in [3.8, 4) is 0 Å². The van der Waals surface area contributed by atoms with E-state index in [1.807, 2.05) is 0 Å². The van der Waals surface area contributed by atoms with Crippen molar-refractivity contribution in [2.45, 2.75) is 6.18 Å². The molecular formula is C21H17ClF3N5O5. The lowest BCUT2D eigenvalue weighted by molar-refractivity contribution is -0.192. The van der Waals surface area contributed by atoms with E-state index in [1.54, 1.807) is 54.7 Å². The van der Waals surface area contributed by atoms with Gasteiger partial charge in [0.2, 0.25) is 5.96 Å². The SMILES string of the molecule is N=C(N)N(Cl)c1cncc2cc(C(=O)N(CC(=O)O)c3ccccc3)ccc12.O=C(O)C(F)(F)F. The van der Waals surface area contributed by atoms with Crippen LogP contribution in [-0.2, 0) is 9.59 Å². The molecule has 35 heavy (non-hydrogen) atoms. The van der Waals surface area contributed by atoms with Crippen molar-refractivity contribution in [1.82, 2.24) is 4.98 Å². The number of rotatable bonds is 5. The number of benzene rings is 2. The summed E-state index contributed by atoms with van der Waals surface area (Å²) >= 11 is 6.01. The molecule has 5 N–H and O–H groups in total. The normalized spacial score (nSPS) is 10.6. The largest absolute Gasteiger partial charge is 0.490 e. The van der Waals surface area contributed by atoms with Crippen LogP contribution < -0.4 is 15.1 Å². The summed E-state index contributed by atoms with van der Waals surface area (Å²) in [4.78, 5) is 38.4. The van der Waals surface area contributed by atoms with Gasteiger partial charge in [-0.1, -0.05) is 24.3 Å². The lowest BCUT2D eigenvalue weighted by Gasteiger charge is -2.21. The quantitative estimate of drug-likeness (QED) is 0.230. The number of carbonyl (C=O) groups is 3. The Balaban J connectivity index is 0.000000540. The summed E-state index contributed by atoms with van der Waals surface area (Å²) in [6.45, 7) is -0.473. The molecule has 0 fully saturated rings. The highest BCUT2D eigenvalue weighted by Gasteiger charge is 2.38. The first-order valence-electron chi connectivity index (χ1n) is 9.39. The molecule has 2 aromatic carbocycles.